The zero-order chi connectivity index (χ0) is 28.3. The van der Waals surface area contributed by atoms with E-state index >= 15 is 0 Å². The standard InChI is InChI=1S/C34H42O4Si2/c1-29(2)39(35-31-19-9-5-10-20-31,36-32-21-11-6-12-22-32)27-17-18-28-40(30(3)4,37-33-23-13-7-14-24-33)38-34-25-15-8-16-26-34/h5-16,19-26,29-30H,17-18,27-28H2,1-4H3. The second-order valence-electron chi connectivity index (χ2n) is 10.8. The molecule has 210 valence electrons. The van der Waals surface area contributed by atoms with E-state index in [-0.39, 0.29) is 11.1 Å². The van der Waals surface area contributed by atoms with Crippen LogP contribution in [0.1, 0.15) is 40.5 Å². The van der Waals surface area contributed by atoms with Crippen molar-refractivity contribution in [2.24, 2.45) is 0 Å². The number of para-hydroxylation sites is 4. The van der Waals surface area contributed by atoms with Crippen molar-refractivity contribution >= 4 is 17.1 Å². The van der Waals surface area contributed by atoms with Gasteiger partial charge in [0.25, 0.3) is 0 Å². The molecule has 0 aliphatic carbocycles. The molecule has 0 radical (unpaired) electrons. The number of hydrogen-bond donors (Lipinski definition) is 0. The highest BCUT2D eigenvalue weighted by Crippen LogP contribution is 2.36. The second-order valence-corrected chi connectivity index (χ2v) is 18.2. The highest BCUT2D eigenvalue weighted by atomic mass is 28.4. The predicted molar refractivity (Wildman–Crippen MR) is 169 cm³/mol. The van der Waals surface area contributed by atoms with E-state index in [0.717, 1.165) is 47.9 Å². The Kier molecular flexibility index (Phi) is 10.5. The third-order valence-corrected chi connectivity index (χ3v) is 15.1. The molecule has 4 aromatic carbocycles. The zero-order valence-electron chi connectivity index (χ0n) is 24.2. The highest BCUT2D eigenvalue weighted by Gasteiger charge is 2.48. The molecule has 4 aromatic rings. The molecule has 0 atom stereocenters. The summed E-state index contributed by atoms with van der Waals surface area (Å²) in [5.74, 6) is 3.46. The SMILES string of the molecule is CC(C)[Si](CCCC[Si](Oc1ccccc1)(Oc1ccccc1)C(C)C)(Oc1ccccc1)Oc1ccccc1. The van der Waals surface area contributed by atoms with Crippen LogP contribution in [0.15, 0.2) is 121 Å². The average Bonchev–Trinajstić information content (AvgIpc) is 2.97. The first kappa shape index (κ1) is 29.5. The van der Waals surface area contributed by atoms with Crippen molar-refractivity contribution in [3.05, 3.63) is 121 Å². The van der Waals surface area contributed by atoms with E-state index < -0.39 is 17.1 Å². The van der Waals surface area contributed by atoms with Gasteiger partial charge in [0.05, 0.1) is 0 Å². The summed E-state index contributed by atoms with van der Waals surface area (Å²) in [5.41, 5.74) is 0.502. The van der Waals surface area contributed by atoms with Crippen LogP contribution in [0.3, 0.4) is 0 Å². The highest BCUT2D eigenvalue weighted by molar-refractivity contribution is 6.71. The number of benzene rings is 4. The van der Waals surface area contributed by atoms with Gasteiger partial charge in [-0.15, -0.1) is 0 Å². The van der Waals surface area contributed by atoms with Gasteiger partial charge in [-0.3, -0.25) is 0 Å². The van der Waals surface area contributed by atoms with Gasteiger partial charge < -0.3 is 17.7 Å². The van der Waals surface area contributed by atoms with Crippen molar-refractivity contribution in [2.75, 3.05) is 0 Å². The normalized spacial score (nSPS) is 11.8. The third-order valence-electron chi connectivity index (χ3n) is 7.20. The molecule has 4 rings (SSSR count). The van der Waals surface area contributed by atoms with Gasteiger partial charge >= 0.3 is 17.1 Å². The lowest BCUT2D eigenvalue weighted by Crippen LogP contribution is -2.52. The molecule has 4 nitrogen and oxygen atoms in total. The Balaban J connectivity index is 1.55. The Bertz CT molecular complexity index is 1070. The summed E-state index contributed by atoms with van der Waals surface area (Å²) in [5, 5.41) is 0. The van der Waals surface area contributed by atoms with Gasteiger partial charge in [0, 0.05) is 23.2 Å². The minimum Gasteiger partial charge on any atom is -0.512 e. The largest absolute Gasteiger partial charge is 0.512 e. The number of rotatable bonds is 15. The van der Waals surface area contributed by atoms with Gasteiger partial charge in [-0.1, -0.05) is 100 Å². The molecule has 0 N–H and O–H groups in total. The molecule has 0 amide bonds. The van der Waals surface area contributed by atoms with Crippen molar-refractivity contribution < 1.29 is 17.7 Å². The summed E-state index contributed by atoms with van der Waals surface area (Å²) in [6.45, 7) is 8.90. The zero-order valence-corrected chi connectivity index (χ0v) is 26.2. The fraction of sp³-hybridized carbons (Fsp3) is 0.294. The maximum absolute atomic E-state index is 6.80. The fourth-order valence-electron chi connectivity index (χ4n) is 4.79. The molecular formula is C34H42O4Si2. The molecule has 0 saturated heterocycles. The van der Waals surface area contributed by atoms with Crippen LogP contribution in [0.4, 0.5) is 0 Å². The van der Waals surface area contributed by atoms with Crippen molar-refractivity contribution in [3.63, 3.8) is 0 Å². The number of hydrogen-bond acceptors (Lipinski definition) is 4. The van der Waals surface area contributed by atoms with Gasteiger partial charge in [-0.05, 0) is 61.4 Å². The molecule has 40 heavy (non-hydrogen) atoms. The molecule has 0 fully saturated rings. The van der Waals surface area contributed by atoms with Crippen molar-refractivity contribution in [1.29, 1.82) is 0 Å². The van der Waals surface area contributed by atoms with Crippen LogP contribution in [-0.2, 0) is 0 Å². The van der Waals surface area contributed by atoms with Gasteiger partial charge in [0.15, 0.2) is 0 Å². The Morgan fingerprint density at radius 2 is 0.625 bits per heavy atom. The summed E-state index contributed by atoms with van der Waals surface area (Å²) in [6.07, 6.45) is 1.92. The first-order valence-electron chi connectivity index (χ1n) is 14.4. The lowest BCUT2D eigenvalue weighted by molar-refractivity contribution is 0.353. The molecular weight excluding hydrogens is 529 g/mol. The Morgan fingerprint density at radius 1 is 0.400 bits per heavy atom. The minimum atomic E-state index is -2.69. The van der Waals surface area contributed by atoms with Crippen LogP contribution in [-0.4, -0.2) is 17.1 Å². The van der Waals surface area contributed by atoms with E-state index in [1.807, 2.05) is 121 Å². The van der Waals surface area contributed by atoms with E-state index in [0.29, 0.717) is 0 Å². The maximum Gasteiger partial charge on any atom is 0.463 e. The lowest BCUT2D eigenvalue weighted by Gasteiger charge is -2.36. The van der Waals surface area contributed by atoms with E-state index in [1.165, 1.54) is 0 Å². The molecule has 0 unspecified atom stereocenters. The molecule has 0 bridgehead atoms. The average molecular weight is 571 g/mol. The smallest absolute Gasteiger partial charge is 0.463 e. The van der Waals surface area contributed by atoms with Crippen LogP contribution >= 0.6 is 0 Å². The van der Waals surface area contributed by atoms with Gasteiger partial charge in [0.2, 0.25) is 0 Å². The topological polar surface area (TPSA) is 36.9 Å². The van der Waals surface area contributed by atoms with E-state index in [9.17, 15) is 0 Å². The Morgan fingerprint density at radius 3 is 0.825 bits per heavy atom. The van der Waals surface area contributed by atoms with E-state index in [2.05, 4.69) is 27.7 Å². The van der Waals surface area contributed by atoms with Crippen LogP contribution in [0.2, 0.25) is 23.2 Å². The number of unbranched alkanes of at least 4 members (excludes halogenated alkanes) is 1. The van der Waals surface area contributed by atoms with Gasteiger partial charge in [-0.2, -0.15) is 0 Å². The fourth-order valence-corrected chi connectivity index (χ4v) is 11.0. The van der Waals surface area contributed by atoms with Crippen LogP contribution in [0.5, 0.6) is 23.0 Å². The second kappa shape index (κ2) is 14.2. The Hall–Kier alpha value is -3.49. The molecule has 6 heteroatoms. The monoisotopic (exact) mass is 570 g/mol. The summed E-state index contributed by atoms with van der Waals surface area (Å²) < 4.78 is 27.2. The summed E-state index contributed by atoms with van der Waals surface area (Å²) in [7, 11) is -5.39. The minimum absolute atomic E-state index is 0.251. The van der Waals surface area contributed by atoms with Crippen molar-refractivity contribution in [2.45, 2.75) is 63.7 Å². The van der Waals surface area contributed by atoms with Crippen molar-refractivity contribution in [1.82, 2.24) is 0 Å². The molecule has 0 heterocycles. The quantitative estimate of drug-likeness (QED) is 0.105. The van der Waals surface area contributed by atoms with Crippen LogP contribution in [0.25, 0.3) is 0 Å². The van der Waals surface area contributed by atoms with Gasteiger partial charge in [-0.25, -0.2) is 0 Å². The lowest BCUT2D eigenvalue weighted by atomic mass is 10.3. The Labute approximate surface area is 242 Å². The molecule has 0 saturated carbocycles. The molecule has 0 aromatic heterocycles. The van der Waals surface area contributed by atoms with Crippen LogP contribution < -0.4 is 17.7 Å². The summed E-state index contributed by atoms with van der Waals surface area (Å²) in [6, 6.07) is 42.1. The first-order valence-corrected chi connectivity index (χ1v) is 18.6. The summed E-state index contributed by atoms with van der Waals surface area (Å²) >= 11 is 0. The van der Waals surface area contributed by atoms with Gasteiger partial charge in [0.1, 0.15) is 23.0 Å². The van der Waals surface area contributed by atoms with Crippen molar-refractivity contribution in [3.8, 4) is 23.0 Å². The first-order chi connectivity index (χ1) is 19.4. The van der Waals surface area contributed by atoms with E-state index in [4.69, 9.17) is 17.7 Å². The third kappa shape index (κ3) is 8.02. The predicted octanol–water partition coefficient (Wildman–Crippen LogP) is 9.79. The van der Waals surface area contributed by atoms with E-state index in [1.54, 1.807) is 0 Å². The molecule has 0 spiro atoms. The van der Waals surface area contributed by atoms with Crippen LogP contribution in [0, 0.1) is 0 Å². The summed E-state index contributed by atoms with van der Waals surface area (Å²) in [4.78, 5) is 0. The molecule has 0 aliphatic rings. The molecule has 0 aliphatic heterocycles. The maximum atomic E-state index is 6.80.